The normalized spacial score (nSPS) is 24.4. The van der Waals surface area contributed by atoms with E-state index in [0.29, 0.717) is 37.5 Å². The molecule has 228 valence electrons. The summed E-state index contributed by atoms with van der Waals surface area (Å²) in [6.45, 7) is 4.45. The van der Waals surface area contributed by atoms with Crippen molar-refractivity contribution in [3.63, 3.8) is 0 Å². The van der Waals surface area contributed by atoms with Crippen molar-refractivity contribution in [3.8, 4) is 0 Å². The van der Waals surface area contributed by atoms with E-state index < -0.39 is 34.6 Å². The molecule has 0 atom stereocenters. The molecule has 2 aliphatic rings. The molecule has 6 nitrogen and oxygen atoms in total. The molecule has 0 aliphatic heterocycles. The van der Waals surface area contributed by atoms with E-state index in [2.05, 4.69) is 18.6 Å². The van der Waals surface area contributed by atoms with Crippen LogP contribution in [0.1, 0.15) is 168 Å². The Hall–Kier alpha value is -0.720. The molecule has 0 saturated heterocycles. The van der Waals surface area contributed by atoms with Gasteiger partial charge in [-0.25, -0.2) is 16.8 Å². The summed E-state index contributed by atoms with van der Waals surface area (Å²) in [4.78, 5) is 2.94. The molecule has 39 heavy (non-hydrogen) atoms. The first-order valence-electron chi connectivity index (χ1n) is 16.5. The minimum atomic E-state index is -4.17. The Morgan fingerprint density at radius 2 is 0.846 bits per heavy atom. The van der Waals surface area contributed by atoms with E-state index in [9.17, 15) is 22.4 Å². The average Bonchev–Trinajstić information content (AvgIpc) is 2.92. The van der Waals surface area contributed by atoms with Crippen LogP contribution in [0.2, 0.25) is 0 Å². The van der Waals surface area contributed by atoms with E-state index in [-0.39, 0.29) is 0 Å². The van der Waals surface area contributed by atoms with Crippen LogP contribution in [0, 0.1) is 11.8 Å². The Morgan fingerprint density at radius 1 is 0.538 bits per heavy atom. The lowest BCUT2D eigenvalue weighted by Crippen LogP contribution is -2.41. The summed E-state index contributed by atoms with van der Waals surface area (Å²) in [6.07, 6.45) is 25.1. The molecule has 0 radical (unpaired) electrons. The van der Waals surface area contributed by atoms with Crippen LogP contribution < -0.4 is 0 Å². The molecule has 2 saturated carbocycles. The molecule has 0 aromatic carbocycles. The first-order valence-corrected chi connectivity index (χ1v) is 19.6. The zero-order valence-electron chi connectivity index (χ0n) is 25.1. The van der Waals surface area contributed by atoms with Crippen LogP contribution in [-0.2, 0) is 19.7 Å². The van der Waals surface area contributed by atoms with Gasteiger partial charge in [0.05, 0.1) is 10.5 Å². The van der Waals surface area contributed by atoms with E-state index in [1.54, 1.807) is 0 Å². The zero-order valence-corrected chi connectivity index (χ0v) is 26.8. The van der Waals surface area contributed by atoms with Crippen molar-refractivity contribution in [2.45, 2.75) is 178 Å². The van der Waals surface area contributed by atoms with Crippen LogP contribution in [-0.4, -0.2) is 36.5 Å². The highest BCUT2D eigenvalue weighted by molar-refractivity contribution is 8.31. The fraction of sp³-hybridized carbons (Fsp3) is 0.968. The molecular formula is C31H58N2O4S2. The zero-order chi connectivity index (χ0) is 28.6. The van der Waals surface area contributed by atoms with Gasteiger partial charge in [0.15, 0.2) is 0 Å². The van der Waals surface area contributed by atoms with Gasteiger partial charge in [-0.05, 0) is 63.2 Å². The second kappa shape index (κ2) is 18.7. The van der Waals surface area contributed by atoms with Gasteiger partial charge in [0.1, 0.15) is 0 Å². The molecule has 0 N–H and O–H groups in total. The Bertz CT molecular complexity index is 856. The molecule has 0 unspecified atom stereocenters. The number of unbranched alkanes of at least 4 members (excludes halogenated alkanes) is 12. The quantitative estimate of drug-likeness (QED) is 0.0526. The van der Waals surface area contributed by atoms with Gasteiger partial charge in [-0.1, -0.05) is 117 Å². The van der Waals surface area contributed by atoms with Crippen molar-refractivity contribution in [2.75, 3.05) is 0 Å². The van der Waals surface area contributed by atoms with Gasteiger partial charge in [-0.15, -0.1) is 4.79 Å². The summed E-state index contributed by atoms with van der Waals surface area (Å²) >= 11 is 0. The van der Waals surface area contributed by atoms with Crippen LogP contribution in [0.15, 0.2) is 0 Å². The predicted octanol–water partition coefficient (Wildman–Crippen LogP) is 8.80. The third-order valence-electron chi connectivity index (χ3n) is 9.47. The van der Waals surface area contributed by atoms with Crippen LogP contribution >= 0.6 is 0 Å². The van der Waals surface area contributed by atoms with Crippen molar-refractivity contribution in [1.82, 2.24) is 0 Å². The number of sulfone groups is 2. The van der Waals surface area contributed by atoms with E-state index in [1.165, 1.54) is 89.9 Å². The van der Waals surface area contributed by atoms with Crippen LogP contribution in [0.3, 0.4) is 0 Å². The van der Waals surface area contributed by atoms with E-state index in [0.717, 1.165) is 38.5 Å². The molecule has 0 aromatic heterocycles. The Morgan fingerprint density at radius 3 is 1.15 bits per heavy atom. The molecule has 0 aromatic rings. The van der Waals surface area contributed by atoms with Gasteiger partial charge in [0.2, 0.25) is 0 Å². The first-order chi connectivity index (χ1) is 18.8. The lowest BCUT2D eigenvalue weighted by Gasteiger charge is -2.29. The maximum atomic E-state index is 13.4. The lowest BCUT2D eigenvalue weighted by atomic mass is 9.85. The molecule has 2 rings (SSSR count). The van der Waals surface area contributed by atoms with E-state index in [1.807, 2.05) is 0 Å². The van der Waals surface area contributed by atoms with Gasteiger partial charge in [0.25, 0.3) is 19.7 Å². The minimum Gasteiger partial charge on any atom is -0.359 e. The van der Waals surface area contributed by atoms with Crippen LogP contribution in [0.5, 0.6) is 0 Å². The lowest BCUT2D eigenvalue weighted by molar-refractivity contribution is 0.00356. The van der Waals surface area contributed by atoms with E-state index in [4.69, 9.17) is 0 Å². The number of hydrogen-bond donors (Lipinski definition) is 0. The monoisotopic (exact) mass is 586 g/mol. The third kappa shape index (κ3) is 11.6. The maximum Gasteiger partial charge on any atom is 0.495 e. The molecule has 8 heteroatoms. The Balaban J connectivity index is 1.77. The highest BCUT2D eigenvalue weighted by Gasteiger charge is 2.50. The van der Waals surface area contributed by atoms with Crippen LogP contribution in [0.4, 0.5) is 0 Å². The summed E-state index contributed by atoms with van der Waals surface area (Å²) in [5.41, 5.74) is 9.63. The van der Waals surface area contributed by atoms with Crippen molar-refractivity contribution in [2.24, 2.45) is 11.8 Å². The van der Waals surface area contributed by atoms with Gasteiger partial charge < -0.3 is 5.53 Å². The highest BCUT2D eigenvalue weighted by Crippen LogP contribution is 2.36. The molecule has 0 amide bonds. The molecule has 0 bridgehead atoms. The number of rotatable bonds is 18. The second-order valence-corrected chi connectivity index (χ2v) is 17.1. The third-order valence-corrected chi connectivity index (χ3v) is 14.7. The summed E-state index contributed by atoms with van der Waals surface area (Å²) in [5.74, 6) is 1.04. The summed E-state index contributed by atoms with van der Waals surface area (Å²) < 4.78 is 52.5. The standard InChI is InChI=1S/C31H58N2O4S2/c1-3-5-7-9-11-13-15-17-27-19-23-29(24-20-27)38(34,35)31(33-32)39(36,37)30-25-21-28(22-26-30)18-16-14-12-10-8-6-4-2/h27-30H,3-26H2,1-2H3. The predicted molar refractivity (Wildman–Crippen MR) is 163 cm³/mol. The maximum absolute atomic E-state index is 13.4. The van der Waals surface area contributed by atoms with Gasteiger partial charge in [-0.2, -0.15) is 0 Å². The van der Waals surface area contributed by atoms with Gasteiger partial charge in [0, 0.05) is 0 Å². The van der Waals surface area contributed by atoms with Crippen molar-refractivity contribution in [1.29, 1.82) is 0 Å². The van der Waals surface area contributed by atoms with Gasteiger partial charge >= 0.3 is 4.38 Å². The summed E-state index contributed by atoms with van der Waals surface area (Å²) in [7, 11) is -8.34. The smallest absolute Gasteiger partial charge is 0.359 e. The second-order valence-electron chi connectivity index (χ2n) is 12.6. The van der Waals surface area contributed by atoms with Gasteiger partial charge in [-0.3, -0.25) is 0 Å². The number of hydrogen-bond acceptors (Lipinski definition) is 4. The topological polar surface area (TPSA) is 105 Å². The molecule has 0 heterocycles. The average molecular weight is 587 g/mol. The van der Waals surface area contributed by atoms with Crippen molar-refractivity contribution < 1.29 is 21.6 Å². The SMILES string of the molecule is CCCCCCCCCC1CCC(S(=O)(=O)C(=[N+]=[N-])S(=O)(=O)C2CCC(CCCCCCCCC)CC2)CC1. The van der Waals surface area contributed by atoms with Crippen molar-refractivity contribution >= 4 is 24.1 Å². The fourth-order valence-electron chi connectivity index (χ4n) is 6.80. The van der Waals surface area contributed by atoms with Crippen molar-refractivity contribution in [3.05, 3.63) is 5.53 Å². The highest BCUT2D eigenvalue weighted by atomic mass is 32.3. The largest absolute Gasteiger partial charge is 0.495 e. The summed E-state index contributed by atoms with van der Waals surface area (Å²) in [6, 6.07) is 0. The molecular weight excluding hydrogens is 528 g/mol. The summed E-state index contributed by atoms with van der Waals surface area (Å²) in [5, 5.41) is -1.51. The van der Waals surface area contributed by atoms with Crippen LogP contribution in [0.25, 0.3) is 5.53 Å². The molecule has 2 fully saturated rings. The first kappa shape index (κ1) is 34.5. The molecule has 0 spiro atoms. The van der Waals surface area contributed by atoms with E-state index >= 15 is 0 Å². The Kier molecular flexibility index (Phi) is 16.5. The molecule has 2 aliphatic carbocycles. The number of nitrogens with zero attached hydrogens (tertiary/aromatic N) is 2. The Labute approximate surface area is 241 Å². The minimum absolute atomic E-state index is 0.462. The fourth-order valence-corrected chi connectivity index (χ4v) is 11.5.